The largest absolute Gasteiger partial charge is 0.497 e. The van der Waals surface area contributed by atoms with Gasteiger partial charge in [-0.3, -0.25) is 9.52 Å². The number of ether oxygens (including phenoxy) is 1. The molecule has 0 fully saturated rings. The van der Waals surface area contributed by atoms with Crippen molar-refractivity contribution in [2.75, 3.05) is 11.8 Å². The van der Waals surface area contributed by atoms with E-state index in [-0.39, 0.29) is 27.7 Å². The highest BCUT2D eigenvalue weighted by Crippen LogP contribution is 2.23. The maximum absolute atomic E-state index is 12.6. The molecular weight excluding hydrogens is 412 g/mol. The lowest BCUT2D eigenvalue weighted by atomic mass is 10.1. The summed E-state index contributed by atoms with van der Waals surface area (Å²) in [5.74, 6) is 0.269. The summed E-state index contributed by atoms with van der Waals surface area (Å²) < 4.78 is 32.6. The Morgan fingerprint density at radius 2 is 1.76 bits per heavy atom. The number of hydrogen-bond donors (Lipinski definition) is 2. The molecule has 0 bridgehead atoms. The lowest BCUT2D eigenvalue weighted by Crippen LogP contribution is -2.23. The lowest BCUT2D eigenvalue weighted by molar-refractivity contribution is 0.0951. The second-order valence-electron chi connectivity index (χ2n) is 6.15. The van der Waals surface area contributed by atoms with E-state index in [1.54, 1.807) is 25.3 Å². The summed E-state index contributed by atoms with van der Waals surface area (Å²) in [5.41, 5.74) is 1.27. The number of hydrogen-bond acceptors (Lipinski definition) is 4. The second kappa shape index (κ2) is 8.98. The zero-order valence-corrected chi connectivity index (χ0v) is 17.1. The monoisotopic (exact) mass is 430 g/mol. The normalized spacial score (nSPS) is 11.0. The Kier molecular flexibility index (Phi) is 6.41. The Morgan fingerprint density at radius 3 is 2.48 bits per heavy atom. The van der Waals surface area contributed by atoms with Crippen LogP contribution in [-0.4, -0.2) is 21.4 Å². The molecule has 0 saturated carbocycles. The molecule has 3 aromatic rings. The SMILES string of the molecule is COc1cccc(CNC(=O)c2cc(NS(=O)(=O)c3ccccc3)ccc2Cl)c1. The van der Waals surface area contributed by atoms with Crippen LogP contribution >= 0.6 is 11.6 Å². The number of methoxy groups -OCH3 is 1. The average Bonchev–Trinajstić information content (AvgIpc) is 2.74. The van der Waals surface area contributed by atoms with Gasteiger partial charge >= 0.3 is 0 Å². The van der Waals surface area contributed by atoms with Gasteiger partial charge in [0.2, 0.25) is 0 Å². The molecule has 0 atom stereocenters. The molecule has 2 N–H and O–H groups in total. The third-order valence-electron chi connectivity index (χ3n) is 4.10. The minimum absolute atomic E-state index is 0.124. The van der Waals surface area contributed by atoms with Crippen LogP contribution in [0.3, 0.4) is 0 Å². The van der Waals surface area contributed by atoms with Crippen molar-refractivity contribution >= 4 is 33.2 Å². The Bertz CT molecular complexity index is 1120. The number of rotatable bonds is 7. The molecule has 1 amide bonds. The van der Waals surface area contributed by atoms with Crippen molar-refractivity contribution in [3.8, 4) is 5.75 Å². The van der Waals surface area contributed by atoms with Gasteiger partial charge in [0.15, 0.2) is 0 Å². The quantitative estimate of drug-likeness (QED) is 0.591. The summed E-state index contributed by atoms with van der Waals surface area (Å²) in [4.78, 5) is 12.7. The van der Waals surface area contributed by atoms with Crippen LogP contribution in [0.2, 0.25) is 5.02 Å². The van der Waals surface area contributed by atoms with Crippen molar-refractivity contribution < 1.29 is 17.9 Å². The lowest BCUT2D eigenvalue weighted by Gasteiger charge is -2.12. The molecule has 3 rings (SSSR count). The van der Waals surface area contributed by atoms with Gasteiger partial charge in [0.1, 0.15) is 5.75 Å². The Hall–Kier alpha value is -3.03. The summed E-state index contributed by atoms with van der Waals surface area (Å²) in [7, 11) is -2.20. The number of carbonyl (C=O) groups is 1. The molecule has 150 valence electrons. The van der Waals surface area contributed by atoms with Crippen LogP contribution in [-0.2, 0) is 16.6 Å². The number of halogens is 1. The Balaban J connectivity index is 1.75. The number of benzene rings is 3. The molecule has 3 aromatic carbocycles. The highest BCUT2D eigenvalue weighted by molar-refractivity contribution is 7.92. The van der Waals surface area contributed by atoms with Crippen LogP contribution in [0.25, 0.3) is 0 Å². The van der Waals surface area contributed by atoms with Crippen molar-refractivity contribution in [1.29, 1.82) is 0 Å². The van der Waals surface area contributed by atoms with Gasteiger partial charge < -0.3 is 10.1 Å². The molecule has 0 unspecified atom stereocenters. The molecule has 0 aliphatic rings. The molecule has 0 spiro atoms. The standard InChI is InChI=1S/C21H19ClN2O4S/c1-28-17-7-5-6-15(12-17)14-23-21(25)19-13-16(10-11-20(19)22)24-29(26,27)18-8-3-2-4-9-18/h2-13,24H,14H2,1H3,(H,23,25). The average molecular weight is 431 g/mol. The van der Waals surface area contributed by atoms with E-state index >= 15 is 0 Å². The minimum Gasteiger partial charge on any atom is -0.497 e. The third kappa shape index (κ3) is 5.28. The fourth-order valence-electron chi connectivity index (χ4n) is 2.64. The van der Waals surface area contributed by atoms with Crippen LogP contribution in [0.5, 0.6) is 5.75 Å². The van der Waals surface area contributed by atoms with E-state index in [4.69, 9.17) is 16.3 Å². The van der Waals surface area contributed by atoms with Crippen LogP contribution in [0, 0.1) is 0 Å². The molecule has 29 heavy (non-hydrogen) atoms. The fraction of sp³-hybridized carbons (Fsp3) is 0.0952. The van der Waals surface area contributed by atoms with Gasteiger partial charge in [0, 0.05) is 12.2 Å². The molecule has 0 saturated heterocycles. The smallest absolute Gasteiger partial charge is 0.261 e. The first kappa shape index (κ1) is 20.7. The number of anilines is 1. The van der Waals surface area contributed by atoms with E-state index in [1.807, 2.05) is 24.3 Å². The molecular formula is C21H19ClN2O4S. The molecule has 6 nitrogen and oxygen atoms in total. The molecule has 0 aliphatic carbocycles. The molecule has 0 heterocycles. The number of sulfonamides is 1. The maximum atomic E-state index is 12.6. The van der Waals surface area contributed by atoms with Gasteiger partial charge in [-0.15, -0.1) is 0 Å². The van der Waals surface area contributed by atoms with E-state index in [2.05, 4.69) is 10.0 Å². The van der Waals surface area contributed by atoms with Crippen LogP contribution < -0.4 is 14.8 Å². The number of amides is 1. The zero-order chi connectivity index (χ0) is 20.9. The summed E-state index contributed by atoms with van der Waals surface area (Å²) in [6.07, 6.45) is 0. The molecule has 0 radical (unpaired) electrons. The Labute approximate surface area is 174 Å². The van der Waals surface area contributed by atoms with E-state index in [0.29, 0.717) is 5.75 Å². The number of carbonyl (C=O) groups excluding carboxylic acids is 1. The van der Waals surface area contributed by atoms with Crippen molar-refractivity contribution in [3.63, 3.8) is 0 Å². The topological polar surface area (TPSA) is 84.5 Å². The van der Waals surface area contributed by atoms with Crippen LogP contribution in [0.1, 0.15) is 15.9 Å². The first-order valence-corrected chi connectivity index (χ1v) is 10.5. The zero-order valence-electron chi connectivity index (χ0n) is 15.6. The minimum atomic E-state index is -3.77. The van der Waals surface area contributed by atoms with Gasteiger partial charge in [-0.1, -0.05) is 41.9 Å². The van der Waals surface area contributed by atoms with Gasteiger partial charge in [-0.05, 0) is 48.0 Å². The highest BCUT2D eigenvalue weighted by Gasteiger charge is 2.16. The maximum Gasteiger partial charge on any atom is 0.261 e. The molecule has 8 heteroatoms. The second-order valence-corrected chi connectivity index (χ2v) is 8.24. The highest BCUT2D eigenvalue weighted by atomic mass is 35.5. The third-order valence-corrected chi connectivity index (χ3v) is 5.83. The predicted molar refractivity (Wildman–Crippen MR) is 113 cm³/mol. The van der Waals surface area contributed by atoms with Crippen molar-refractivity contribution in [1.82, 2.24) is 5.32 Å². The van der Waals surface area contributed by atoms with Crippen molar-refractivity contribution in [2.24, 2.45) is 0 Å². The van der Waals surface area contributed by atoms with E-state index in [1.165, 1.54) is 30.3 Å². The summed E-state index contributed by atoms with van der Waals surface area (Å²) in [5, 5.41) is 2.99. The predicted octanol–water partition coefficient (Wildman–Crippen LogP) is 4.08. The fourth-order valence-corrected chi connectivity index (χ4v) is 3.91. The van der Waals surface area contributed by atoms with Gasteiger partial charge in [0.25, 0.3) is 15.9 Å². The first-order chi connectivity index (χ1) is 13.9. The summed E-state index contributed by atoms with van der Waals surface area (Å²) in [6.45, 7) is 0.270. The van der Waals surface area contributed by atoms with Crippen LogP contribution in [0.4, 0.5) is 5.69 Å². The van der Waals surface area contributed by atoms with E-state index in [0.717, 1.165) is 5.56 Å². The molecule has 0 aliphatic heterocycles. The van der Waals surface area contributed by atoms with Gasteiger partial charge in [-0.2, -0.15) is 0 Å². The molecule has 0 aromatic heterocycles. The Morgan fingerprint density at radius 1 is 1.00 bits per heavy atom. The van der Waals surface area contributed by atoms with Gasteiger partial charge in [0.05, 0.1) is 22.6 Å². The van der Waals surface area contributed by atoms with E-state index < -0.39 is 15.9 Å². The first-order valence-electron chi connectivity index (χ1n) is 8.67. The summed E-state index contributed by atoms with van der Waals surface area (Å²) in [6, 6.07) is 19.7. The van der Waals surface area contributed by atoms with Crippen LogP contribution in [0.15, 0.2) is 77.7 Å². The summed E-state index contributed by atoms with van der Waals surface area (Å²) >= 11 is 6.15. The van der Waals surface area contributed by atoms with Crippen molar-refractivity contribution in [2.45, 2.75) is 11.4 Å². The van der Waals surface area contributed by atoms with Crippen molar-refractivity contribution in [3.05, 3.63) is 88.9 Å². The number of nitrogens with one attached hydrogen (secondary N) is 2. The van der Waals surface area contributed by atoms with E-state index in [9.17, 15) is 13.2 Å². The van der Waals surface area contributed by atoms with Gasteiger partial charge in [-0.25, -0.2) is 8.42 Å².